The van der Waals surface area contributed by atoms with Gasteiger partial charge in [-0.15, -0.1) is 0 Å². The van der Waals surface area contributed by atoms with E-state index in [0.29, 0.717) is 23.7 Å². The first-order valence-corrected chi connectivity index (χ1v) is 12.0. The maximum absolute atomic E-state index is 12.2. The number of hydrogen-bond donors (Lipinski definition) is 0. The van der Waals surface area contributed by atoms with Gasteiger partial charge in [0.25, 0.3) is 0 Å². The molecule has 0 aliphatic heterocycles. The Morgan fingerprint density at radius 1 is 1.22 bits per heavy atom. The SMILES string of the molecule is COC(=O)/C=C/[C@@H](C)[C@H]1CC[C@H]2[C@@H]3CC[C@]4(C=CC(=O)C=C4C)[C@H]3C[C@H](OC(C)=O)[C@]12C. The molecule has 3 saturated carbocycles. The van der Waals surface area contributed by atoms with Crippen LogP contribution >= 0.6 is 0 Å². The Hall–Kier alpha value is -2.17. The van der Waals surface area contributed by atoms with Gasteiger partial charge in [-0.2, -0.15) is 0 Å². The van der Waals surface area contributed by atoms with Gasteiger partial charge in [-0.3, -0.25) is 9.59 Å². The van der Waals surface area contributed by atoms with E-state index in [0.717, 1.165) is 37.7 Å². The second-order valence-electron chi connectivity index (χ2n) is 10.6. The Labute approximate surface area is 191 Å². The molecule has 0 N–H and O–H groups in total. The first-order valence-electron chi connectivity index (χ1n) is 12.0. The van der Waals surface area contributed by atoms with E-state index in [1.54, 1.807) is 12.2 Å². The van der Waals surface area contributed by atoms with Crippen molar-refractivity contribution >= 4 is 17.7 Å². The zero-order valence-corrected chi connectivity index (χ0v) is 19.9. The van der Waals surface area contributed by atoms with Crippen LogP contribution in [0.15, 0.2) is 36.0 Å². The second-order valence-corrected chi connectivity index (χ2v) is 10.6. The minimum Gasteiger partial charge on any atom is -0.466 e. The summed E-state index contributed by atoms with van der Waals surface area (Å²) in [5.41, 5.74) is 0.934. The molecule has 8 atom stereocenters. The molecule has 0 heterocycles. The third-order valence-corrected chi connectivity index (χ3v) is 9.45. The molecule has 1 spiro atoms. The highest BCUT2D eigenvalue weighted by atomic mass is 16.5. The molecular weight excluding hydrogens is 404 g/mol. The maximum atomic E-state index is 12.2. The fourth-order valence-electron chi connectivity index (χ4n) is 8.03. The molecule has 0 unspecified atom stereocenters. The lowest BCUT2D eigenvalue weighted by atomic mass is 9.52. The van der Waals surface area contributed by atoms with Crippen molar-refractivity contribution < 1.29 is 23.9 Å². The summed E-state index contributed by atoms with van der Waals surface area (Å²) in [4.78, 5) is 35.8. The third-order valence-electron chi connectivity index (χ3n) is 9.45. The second kappa shape index (κ2) is 8.31. The molecule has 174 valence electrons. The fraction of sp³-hybridized carbons (Fsp3) is 0.667. The van der Waals surface area contributed by atoms with Gasteiger partial charge in [-0.1, -0.05) is 31.6 Å². The van der Waals surface area contributed by atoms with E-state index in [1.807, 2.05) is 6.08 Å². The summed E-state index contributed by atoms with van der Waals surface area (Å²) in [6.45, 7) is 8.07. The zero-order valence-electron chi connectivity index (χ0n) is 19.9. The first-order chi connectivity index (χ1) is 15.1. The first kappa shape index (κ1) is 23.0. The summed E-state index contributed by atoms with van der Waals surface area (Å²) >= 11 is 0. The van der Waals surface area contributed by atoms with Crippen molar-refractivity contribution in [1.29, 1.82) is 0 Å². The molecule has 0 amide bonds. The van der Waals surface area contributed by atoms with E-state index in [-0.39, 0.29) is 40.6 Å². The van der Waals surface area contributed by atoms with Crippen LogP contribution in [0.4, 0.5) is 0 Å². The van der Waals surface area contributed by atoms with Gasteiger partial charge in [0.1, 0.15) is 6.10 Å². The highest BCUT2D eigenvalue weighted by Crippen LogP contribution is 2.69. The smallest absolute Gasteiger partial charge is 0.330 e. The molecular formula is C27H36O5. The van der Waals surface area contributed by atoms with Crippen molar-refractivity contribution in [3.63, 3.8) is 0 Å². The summed E-state index contributed by atoms with van der Waals surface area (Å²) in [6, 6.07) is 0. The van der Waals surface area contributed by atoms with Crippen LogP contribution < -0.4 is 0 Å². The highest BCUT2D eigenvalue weighted by molar-refractivity contribution is 6.01. The van der Waals surface area contributed by atoms with Crippen LogP contribution in [0.3, 0.4) is 0 Å². The van der Waals surface area contributed by atoms with Gasteiger partial charge < -0.3 is 9.47 Å². The van der Waals surface area contributed by atoms with E-state index in [9.17, 15) is 14.4 Å². The number of fused-ring (bicyclic) bond motifs is 4. The summed E-state index contributed by atoms with van der Waals surface area (Å²) < 4.78 is 10.8. The van der Waals surface area contributed by atoms with Crippen LogP contribution in [0.2, 0.25) is 0 Å². The summed E-state index contributed by atoms with van der Waals surface area (Å²) in [5.74, 6) is 1.41. The van der Waals surface area contributed by atoms with Crippen LogP contribution in [0.1, 0.15) is 59.8 Å². The minimum atomic E-state index is -0.338. The van der Waals surface area contributed by atoms with Crippen molar-refractivity contribution in [2.75, 3.05) is 7.11 Å². The molecule has 4 rings (SSSR count). The zero-order chi connectivity index (χ0) is 23.3. The van der Waals surface area contributed by atoms with E-state index in [4.69, 9.17) is 9.47 Å². The van der Waals surface area contributed by atoms with Crippen molar-refractivity contribution in [2.45, 2.75) is 65.9 Å². The quantitative estimate of drug-likeness (QED) is 0.463. The Morgan fingerprint density at radius 3 is 2.62 bits per heavy atom. The van der Waals surface area contributed by atoms with Gasteiger partial charge in [0, 0.05) is 23.8 Å². The molecule has 0 saturated heterocycles. The topological polar surface area (TPSA) is 69.7 Å². The number of ketones is 1. The number of hydrogen-bond acceptors (Lipinski definition) is 5. The highest BCUT2D eigenvalue weighted by Gasteiger charge is 2.65. The van der Waals surface area contributed by atoms with Gasteiger partial charge in [-0.25, -0.2) is 4.79 Å². The number of methoxy groups -OCH3 is 1. The Balaban J connectivity index is 1.69. The summed E-state index contributed by atoms with van der Waals surface area (Å²) in [7, 11) is 1.39. The summed E-state index contributed by atoms with van der Waals surface area (Å²) in [6.07, 6.45) is 14.2. The minimum absolute atomic E-state index is 0.0703. The normalized spacial score (nSPS) is 41.3. The van der Waals surface area contributed by atoms with Gasteiger partial charge in [0.2, 0.25) is 0 Å². The molecule has 0 aromatic rings. The van der Waals surface area contributed by atoms with E-state index < -0.39 is 0 Å². The molecule has 0 aromatic heterocycles. The Morgan fingerprint density at radius 2 is 1.97 bits per heavy atom. The van der Waals surface area contributed by atoms with Gasteiger partial charge in [-0.05, 0) is 80.8 Å². The molecule has 5 nitrogen and oxygen atoms in total. The number of ether oxygens (including phenoxy) is 2. The largest absolute Gasteiger partial charge is 0.466 e. The standard InChI is InChI=1S/C27H36O5/c1-16(6-9-25(30)31-5)21-7-8-22-20-11-13-27(12-10-19(29)14-17(27)2)23(20)15-24(26(21,22)4)32-18(3)28/h6,9-10,12,14,16,20-24H,7-8,11,13,15H2,1-5H3/b9-6+/t16-,20+,21-,22+,23+,24+,26-,27+/m1/s1. The predicted molar refractivity (Wildman–Crippen MR) is 121 cm³/mol. The van der Waals surface area contributed by atoms with Crippen LogP contribution in [0.25, 0.3) is 0 Å². The molecule has 0 aromatic carbocycles. The number of rotatable bonds is 4. The van der Waals surface area contributed by atoms with Crippen LogP contribution in [0.5, 0.6) is 0 Å². The number of carbonyl (C=O) groups is 3. The molecule has 32 heavy (non-hydrogen) atoms. The maximum Gasteiger partial charge on any atom is 0.330 e. The molecule has 0 bridgehead atoms. The lowest BCUT2D eigenvalue weighted by molar-refractivity contribution is -0.172. The van der Waals surface area contributed by atoms with Gasteiger partial charge >= 0.3 is 11.9 Å². The van der Waals surface area contributed by atoms with E-state index in [2.05, 4.69) is 26.8 Å². The lowest BCUT2D eigenvalue weighted by Crippen LogP contribution is -2.54. The average molecular weight is 441 g/mol. The number of esters is 2. The number of carbonyl (C=O) groups excluding carboxylic acids is 3. The predicted octanol–water partition coefficient (Wildman–Crippen LogP) is 4.82. The van der Waals surface area contributed by atoms with E-state index >= 15 is 0 Å². The van der Waals surface area contributed by atoms with Crippen LogP contribution in [-0.4, -0.2) is 30.9 Å². The van der Waals surface area contributed by atoms with Gasteiger partial charge in [0.15, 0.2) is 5.78 Å². The molecule has 3 fully saturated rings. The lowest BCUT2D eigenvalue weighted by Gasteiger charge is -2.54. The van der Waals surface area contributed by atoms with Gasteiger partial charge in [0.05, 0.1) is 7.11 Å². The van der Waals surface area contributed by atoms with Crippen molar-refractivity contribution in [3.8, 4) is 0 Å². The summed E-state index contributed by atoms with van der Waals surface area (Å²) in [5, 5.41) is 0. The number of allylic oxidation sites excluding steroid dienone is 5. The van der Waals surface area contributed by atoms with Crippen LogP contribution in [0, 0.1) is 40.4 Å². The molecule has 5 heteroatoms. The molecule has 4 aliphatic rings. The molecule has 4 aliphatic carbocycles. The van der Waals surface area contributed by atoms with Crippen molar-refractivity contribution in [3.05, 3.63) is 36.0 Å². The third kappa shape index (κ3) is 3.48. The monoisotopic (exact) mass is 440 g/mol. The Bertz CT molecular complexity index is 898. The van der Waals surface area contributed by atoms with E-state index in [1.165, 1.54) is 20.1 Å². The molecule has 0 radical (unpaired) electrons. The Kier molecular flexibility index (Phi) is 5.98. The van der Waals surface area contributed by atoms with Crippen LogP contribution in [-0.2, 0) is 23.9 Å². The average Bonchev–Trinajstić information content (AvgIpc) is 3.28. The van der Waals surface area contributed by atoms with Crippen molar-refractivity contribution in [2.24, 2.45) is 40.4 Å². The van der Waals surface area contributed by atoms with Crippen molar-refractivity contribution in [1.82, 2.24) is 0 Å². The fourth-order valence-corrected chi connectivity index (χ4v) is 8.03.